The lowest BCUT2D eigenvalue weighted by Crippen LogP contribution is -2.35. The largest absolute Gasteiger partial charge is 0.345 e. The third kappa shape index (κ3) is 2.52. The van der Waals surface area contributed by atoms with Gasteiger partial charge in [-0.15, -0.1) is 5.10 Å². The number of hydrogen-bond acceptors (Lipinski definition) is 5. The van der Waals surface area contributed by atoms with Gasteiger partial charge >= 0.3 is 0 Å². The van der Waals surface area contributed by atoms with Gasteiger partial charge in [0.15, 0.2) is 5.82 Å². The molecule has 1 fully saturated rings. The van der Waals surface area contributed by atoms with Gasteiger partial charge in [-0.2, -0.15) is 5.10 Å². The molecule has 1 amide bonds. The Balaban J connectivity index is 2.23. The van der Waals surface area contributed by atoms with Crippen LogP contribution in [0.4, 0.5) is 5.82 Å². The topological polar surface area (TPSA) is 75.3 Å². The Morgan fingerprint density at radius 2 is 2.29 bits per heavy atom. The third-order valence-electron chi connectivity index (χ3n) is 2.97. The van der Waals surface area contributed by atoms with Crippen LogP contribution >= 0.6 is 0 Å². The van der Waals surface area contributed by atoms with Gasteiger partial charge in [0.2, 0.25) is 5.91 Å². The Labute approximate surface area is 100 Å². The zero-order valence-electron chi connectivity index (χ0n) is 9.96. The number of anilines is 1. The first-order chi connectivity index (χ1) is 8.22. The Hall–Kier alpha value is -1.69. The summed E-state index contributed by atoms with van der Waals surface area (Å²) >= 11 is 0. The molecule has 0 aliphatic carbocycles. The first kappa shape index (κ1) is 11.8. The highest BCUT2D eigenvalue weighted by atomic mass is 16.2. The highest BCUT2D eigenvalue weighted by Crippen LogP contribution is 2.17. The molecular weight excluding hydrogens is 218 g/mol. The molecule has 6 heteroatoms. The number of amides is 1. The summed E-state index contributed by atoms with van der Waals surface area (Å²) in [6.07, 6.45) is 2.56. The van der Waals surface area contributed by atoms with Crippen molar-refractivity contribution >= 4 is 11.7 Å². The number of likely N-dealkylation sites (N-methyl/N-ethyl adjacent to an activating group) is 1. The van der Waals surface area contributed by atoms with Crippen LogP contribution in [0, 0.1) is 0 Å². The van der Waals surface area contributed by atoms with Gasteiger partial charge in [-0.25, -0.2) is 0 Å². The highest BCUT2D eigenvalue weighted by molar-refractivity contribution is 5.81. The molecule has 2 heterocycles. The maximum absolute atomic E-state index is 11.8. The average Bonchev–Trinajstić information content (AvgIpc) is 2.52. The van der Waals surface area contributed by atoms with Gasteiger partial charge in [0.1, 0.15) is 0 Å². The van der Waals surface area contributed by atoms with Crippen molar-refractivity contribution in [3.05, 3.63) is 17.8 Å². The van der Waals surface area contributed by atoms with Gasteiger partial charge in [0.05, 0.1) is 12.7 Å². The molecule has 2 rings (SSSR count). The van der Waals surface area contributed by atoms with E-state index in [1.54, 1.807) is 11.1 Å². The molecule has 17 heavy (non-hydrogen) atoms. The molecule has 6 nitrogen and oxygen atoms in total. The summed E-state index contributed by atoms with van der Waals surface area (Å²) in [5, 5.41) is 7.97. The van der Waals surface area contributed by atoms with Crippen LogP contribution in [0.3, 0.4) is 0 Å². The van der Waals surface area contributed by atoms with Gasteiger partial charge in [0.25, 0.3) is 0 Å². The van der Waals surface area contributed by atoms with Crippen LogP contribution in [0.5, 0.6) is 0 Å². The third-order valence-corrected chi connectivity index (χ3v) is 2.97. The van der Waals surface area contributed by atoms with Crippen LogP contribution in [-0.2, 0) is 11.3 Å². The van der Waals surface area contributed by atoms with E-state index in [1.165, 1.54) is 0 Å². The molecule has 1 aliphatic heterocycles. The van der Waals surface area contributed by atoms with Crippen LogP contribution < -0.4 is 10.6 Å². The molecule has 0 spiro atoms. The van der Waals surface area contributed by atoms with Gasteiger partial charge in [0, 0.05) is 32.2 Å². The zero-order chi connectivity index (χ0) is 12.3. The van der Waals surface area contributed by atoms with Crippen molar-refractivity contribution < 1.29 is 4.79 Å². The second-order valence-corrected chi connectivity index (χ2v) is 4.17. The summed E-state index contributed by atoms with van der Waals surface area (Å²) in [7, 11) is 1.83. The van der Waals surface area contributed by atoms with Crippen LogP contribution in [0.25, 0.3) is 0 Å². The SMILES string of the molecule is CN1CCCN(c2nnccc2CN)CC1=O. The van der Waals surface area contributed by atoms with E-state index in [4.69, 9.17) is 5.73 Å². The van der Waals surface area contributed by atoms with Crippen LogP contribution in [0.2, 0.25) is 0 Å². The van der Waals surface area contributed by atoms with Gasteiger partial charge in [-0.3, -0.25) is 4.79 Å². The van der Waals surface area contributed by atoms with E-state index in [0.717, 1.165) is 30.9 Å². The summed E-state index contributed by atoms with van der Waals surface area (Å²) in [6.45, 7) is 2.35. The Morgan fingerprint density at radius 1 is 1.47 bits per heavy atom. The van der Waals surface area contributed by atoms with Crippen molar-refractivity contribution in [3.63, 3.8) is 0 Å². The number of carbonyl (C=O) groups is 1. The van der Waals surface area contributed by atoms with Crippen molar-refractivity contribution in [2.75, 3.05) is 31.6 Å². The number of hydrogen-bond donors (Lipinski definition) is 1. The second-order valence-electron chi connectivity index (χ2n) is 4.17. The van der Waals surface area contributed by atoms with Crippen molar-refractivity contribution in [2.45, 2.75) is 13.0 Å². The van der Waals surface area contributed by atoms with Crippen molar-refractivity contribution in [2.24, 2.45) is 5.73 Å². The standard InChI is InChI=1S/C11H17N5O/c1-15-5-2-6-16(8-10(15)17)11-9(7-12)3-4-13-14-11/h3-4H,2,5-8,12H2,1H3. The predicted molar refractivity (Wildman–Crippen MR) is 64.4 cm³/mol. The Morgan fingerprint density at radius 3 is 3.06 bits per heavy atom. The minimum absolute atomic E-state index is 0.108. The zero-order valence-corrected chi connectivity index (χ0v) is 9.96. The van der Waals surface area contributed by atoms with Crippen molar-refractivity contribution in [3.8, 4) is 0 Å². The number of nitrogens with two attached hydrogens (primary N) is 1. The monoisotopic (exact) mass is 235 g/mol. The van der Waals surface area contributed by atoms with E-state index in [1.807, 2.05) is 18.0 Å². The first-order valence-corrected chi connectivity index (χ1v) is 5.72. The minimum Gasteiger partial charge on any atom is -0.345 e. The second kappa shape index (κ2) is 5.09. The van der Waals surface area contributed by atoms with E-state index in [0.29, 0.717) is 13.1 Å². The highest BCUT2D eigenvalue weighted by Gasteiger charge is 2.21. The van der Waals surface area contributed by atoms with Crippen LogP contribution in [0.15, 0.2) is 12.3 Å². The average molecular weight is 235 g/mol. The molecule has 1 saturated heterocycles. The van der Waals surface area contributed by atoms with Crippen molar-refractivity contribution in [1.29, 1.82) is 0 Å². The molecule has 92 valence electrons. The molecule has 0 unspecified atom stereocenters. The maximum Gasteiger partial charge on any atom is 0.241 e. The molecule has 1 aromatic heterocycles. The summed E-state index contributed by atoms with van der Waals surface area (Å²) < 4.78 is 0. The fourth-order valence-electron chi connectivity index (χ4n) is 1.94. The molecule has 1 aliphatic rings. The lowest BCUT2D eigenvalue weighted by molar-refractivity contribution is -0.127. The predicted octanol–water partition coefficient (Wildman–Crippen LogP) is -0.396. The van der Waals surface area contributed by atoms with E-state index in [-0.39, 0.29) is 5.91 Å². The van der Waals surface area contributed by atoms with E-state index < -0.39 is 0 Å². The molecule has 0 radical (unpaired) electrons. The summed E-state index contributed by atoms with van der Waals surface area (Å²) in [5.41, 5.74) is 6.60. The number of rotatable bonds is 2. The molecule has 2 N–H and O–H groups in total. The van der Waals surface area contributed by atoms with Gasteiger partial charge < -0.3 is 15.5 Å². The maximum atomic E-state index is 11.8. The smallest absolute Gasteiger partial charge is 0.241 e. The summed E-state index contributed by atoms with van der Waals surface area (Å²) in [4.78, 5) is 15.5. The number of aromatic nitrogens is 2. The molecule has 0 saturated carbocycles. The Bertz CT molecular complexity index is 409. The molecule has 0 aromatic carbocycles. The van der Waals surface area contributed by atoms with Crippen LogP contribution in [-0.4, -0.2) is 47.7 Å². The quantitative estimate of drug-likeness (QED) is 0.755. The summed E-state index contributed by atoms with van der Waals surface area (Å²) in [6, 6.07) is 1.85. The summed E-state index contributed by atoms with van der Waals surface area (Å²) in [5.74, 6) is 0.842. The normalized spacial score (nSPS) is 17.2. The fraction of sp³-hybridized carbons (Fsp3) is 0.545. The molecule has 0 atom stereocenters. The van der Waals surface area contributed by atoms with E-state index >= 15 is 0 Å². The first-order valence-electron chi connectivity index (χ1n) is 5.72. The van der Waals surface area contributed by atoms with Crippen molar-refractivity contribution in [1.82, 2.24) is 15.1 Å². The van der Waals surface area contributed by atoms with Gasteiger partial charge in [-0.05, 0) is 12.5 Å². The van der Waals surface area contributed by atoms with E-state index in [9.17, 15) is 4.79 Å². The van der Waals surface area contributed by atoms with Crippen LogP contribution in [0.1, 0.15) is 12.0 Å². The number of nitrogens with zero attached hydrogens (tertiary/aromatic N) is 4. The molecule has 1 aromatic rings. The Kier molecular flexibility index (Phi) is 3.53. The number of carbonyl (C=O) groups excluding carboxylic acids is 1. The lowest BCUT2D eigenvalue weighted by atomic mass is 10.2. The fourth-order valence-corrected chi connectivity index (χ4v) is 1.94. The lowest BCUT2D eigenvalue weighted by Gasteiger charge is -2.22. The minimum atomic E-state index is 0.108. The van der Waals surface area contributed by atoms with Gasteiger partial charge in [-0.1, -0.05) is 0 Å². The molecule has 0 bridgehead atoms. The van der Waals surface area contributed by atoms with E-state index in [2.05, 4.69) is 10.2 Å². The molecular formula is C11H17N5O.